The first kappa shape index (κ1) is 17.7. The summed E-state index contributed by atoms with van der Waals surface area (Å²) in [6.45, 7) is 5.86. The van der Waals surface area contributed by atoms with Crippen LogP contribution in [-0.2, 0) is 0 Å². The van der Waals surface area contributed by atoms with E-state index in [9.17, 15) is 4.39 Å². The Morgan fingerprint density at radius 1 is 0.923 bits per heavy atom. The Morgan fingerprint density at radius 3 is 2.38 bits per heavy atom. The van der Waals surface area contributed by atoms with E-state index in [0.717, 1.165) is 17.1 Å². The van der Waals surface area contributed by atoms with Crippen molar-refractivity contribution < 1.29 is 9.13 Å². The van der Waals surface area contributed by atoms with Gasteiger partial charge in [-0.05, 0) is 63.2 Å². The number of anilines is 4. The molecule has 0 unspecified atom stereocenters. The molecular weight excluding hydrogens is 331 g/mol. The molecule has 5 nitrogen and oxygen atoms in total. The van der Waals surface area contributed by atoms with Crippen LogP contribution in [0.4, 0.5) is 27.5 Å². The normalized spacial score (nSPS) is 10.7. The van der Waals surface area contributed by atoms with E-state index < -0.39 is 0 Å². The molecule has 0 aliphatic rings. The lowest BCUT2D eigenvalue weighted by Gasteiger charge is -2.12. The van der Waals surface area contributed by atoms with Crippen molar-refractivity contribution in [1.29, 1.82) is 0 Å². The zero-order chi connectivity index (χ0) is 18.5. The average molecular weight is 352 g/mol. The maximum absolute atomic E-state index is 13.3. The number of benzene rings is 2. The molecule has 1 heterocycles. The summed E-state index contributed by atoms with van der Waals surface area (Å²) in [7, 11) is 0. The lowest BCUT2D eigenvalue weighted by atomic mass is 10.3. The average Bonchev–Trinajstić information content (AvgIpc) is 2.56. The third-order valence-electron chi connectivity index (χ3n) is 3.43. The Balaban J connectivity index is 1.75. The standard InChI is InChI=1S/C20H21FN4O/c1-13(2)26-18-9-7-16(8-10-18)23-19-11-14(3)22-20(25-19)24-17-6-4-5-15(21)12-17/h4-13H,1-3H3,(H2,22,23,24,25). The molecule has 0 amide bonds. The molecule has 0 atom stereocenters. The van der Waals surface area contributed by atoms with Gasteiger partial charge < -0.3 is 15.4 Å². The largest absolute Gasteiger partial charge is 0.491 e. The number of ether oxygens (including phenoxy) is 1. The molecule has 0 fully saturated rings. The smallest absolute Gasteiger partial charge is 0.229 e. The van der Waals surface area contributed by atoms with Crippen molar-refractivity contribution in [2.75, 3.05) is 10.6 Å². The lowest BCUT2D eigenvalue weighted by Crippen LogP contribution is -2.05. The maximum Gasteiger partial charge on any atom is 0.229 e. The maximum atomic E-state index is 13.3. The Labute approximate surface area is 152 Å². The second-order valence-electron chi connectivity index (χ2n) is 6.17. The fourth-order valence-corrected chi connectivity index (χ4v) is 2.42. The molecule has 0 saturated heterocycles. The molecule has 3 rings (SSSR count). The number of aryl methyl sites for hydroxylation is 1. The van der Waals surface area contributed by atoms with Crippen LogP contribution in [0.1, 0.15) is 19.5 Å². The van der Waals surface area contributed by atoms with Crippen molar-refractivity contribution in [3.63, 3.8) is 0 Å². The topological polar surface area (TPSA) is 59.1 Å². The minimum Gasteiger partial charge on any atom is -0.491 e. The van der Waals surface area contributed by atoms with Gasteiger partial charge in [0.25, 0.3) is 0 Å². The highest BCUT2D eigenvalue weighted by molar-refractivity contribution is 5.60. The van der Waals surface area contributed by atoms with Crippen LogP contribution in [0, 0.1) is 12.7 Å². The van der Waals surface area contributed by atoms with Crippen molar-refractivity contribution in [3.05, 3.63) is 66.1 Å². The summed E-state index contributed by atoms with van der Waals surface area (Å²) in [5.41, 5.74) is 2.27. The van der Waals surface area contributed by atoms with Gasteiger partial charge in [0, 0.05) is 23.1 Å². The van der Waals surface area contributed by atoms with Crippen molar-refractivity contribution >= 4 is 23.1 Å². The minimum absolute atomic E-state index is 0.134. The van der Waals surface area contributed by atoms with Crippen molar-refractivity contribution in [3.8, 4) is 5.75 Å². The van der Waals surface area contributed by atoms with E-state index in [-0.39, 0.29) is 11.9 Å². The number of hydrogen-bond acceptors (Lipinski definition) is 5. The van der Waals surface area contributed by atoms with Crippen LogP contribution in [0.25, 0.3) is 0 Å². The van der Waals surface area contributed by atoms with Crippen LogP contribution in [0.15, 0.2) is 54.6 Å². The molecule has 0 saturated carbocycles. The predicted molar refractivity (Wildman–Crippen MR) is 102 cm³/mol. The second-order valence-corrected chi connectivity index (χ2v) is 6.17. The minimum atomic E-state index is -0.315. The zero-order valence-electron chi connectivity index (χ0n) is 15.0. The fourth-order valence-electron chi connectivity index (χ4n) is 2.42. The van der Waals surface area contributed by atoms with Gasteiger partial charge in [0.2, 0.25) is 5.95 Å². The molecule has 0 aliphatic heterocycles. The van der Waals surface area contributed by atoms with E-state index in [1.807, 2.05) is 51.1 Å². The summed E-state index contributed by atoms with van der Waals surface area (Å²) in [5, 5.41) is 6.26. The van der Waals surface area contributed by atoms with Gasteiger partial charge in [-0.2, -0.15) is 4.98 Å². The molecule has 2 N–H and O–H groups in total. The van der Waals surface area contributed by atoms with Crippen molar-refractivity contribution in [2.24, 2.45) is 0 Å². The number of halogens is 1. The predicted octanol–water partition coefficient (Wildman–Crippen LogP) is 5.20. The number of nitrogens with zero attached hydrogens (tertiary/aromatic N) is 2. The molecule has 1 aromatic heterocycles. The first-order valence-corrected chi connectivity index (χ1v) is 8.40. The molecular formula is C20H21FN4O. The molecule has 26 heavy (non-hydrogen) atoms. The number of rotatable bonds is 6. The molecule has 134 valence electrons. The van der Waals surface area contributed by atoms with Crippen LogP contribution in [0.3, 0.4) is 0 Å². The highest BCUT2D eigenvalue weighted by Gasteiger charge is 2.05. The van der Waals surface area contributed by atoms with Gasteiger partial charge in [0.15, 0.2) is 0 Å². The zero-order valence-corrected chi connectivity index (χ0v) is 15.0. The molecule has 0 bridgehead atoms. The molecule has 2 aromatic carbocycles. The lowest BCUT2D eigenvalue weighted by molar-refractivity contribution is 0.242. The fraction of sp³-hybridized carbons (Fsp3) is 0.200. The number of nitrogens with one attached hydrogen (secondary N) is 2. The first-order valence-electron chi connectivity index (χ1n) is 8.40. The van der Waals surface area contributed by atoms with E-state index >= 15 is 0 Å². The Kier molecular flexibility index (Phi) is 5.31. The van der Waals surface area contributed by atoms with E-state index in [2.05, 4.69) is 20.6 Å². The van der Waals surface area contributed by atoms with Crippen LogP contribution in [0.5, 0.6) is 5.75 Å². The molecule has 0 aliphatic carbocycles. The van der Waals surface area contributed by atoms with Gasteiger partial charge in [-0.1, -0.05) is 6.07 Å². The van der Waals surface area contributed by atoms with Crippen molar-refractivity contribution in [1.82, 2.24) is 9.97 Å². The molecule has 0 radical (unpaired) electrons. The van der Waals surface area contributed by atoms with Gasteiger partial charge in [-0.3, -0.25) is 0 Å². The summed E-state index contributed by atoms with van der Waals surface area (Å²) in [6.07, 6.45) is 0.134. The van der Waals surface area contributed by atoms with Crippen LogP contribution >= 0.6 is 0 Å². The summed E-state index contributed by atoms with van der Waals surface area (Å²) in [5.74, 6) is 1.55. The first-order chi connectivity index (χ1) is 12.5. The van der Waals surface area contributed by atoms with Crippen LogP contribution < -0.4 is 15.4 Å². The van der Waals surface area contributed by atoms with Gasteiger partial charge in [0.05, 0.1) is 6.10 Å². The molecule has 6 heteroatoms. The monoisotopic (exact) mass is 352 g/mol. The van der Waals surface area contributed by atoms with Crippen LogP contribution in [-0.4, -0.2) is 16.1 Å². The Bertz CT molecular complexity index is 881. The third kappa shape index (κ3) is 4.92. The van der Waals surface area contributed by atoms with E-state index in [1.54, 1.807) is 12.1 Å². The van der Waals surface area contributed by atoms with Gasteiger partial charge in [-0.25, -0.2) is 9.37 Å². The second kappa shape index (κ2) is 7.82. The van der Waals surface area contributed by atoms with E-state index in [4.69, 9.17) is 4.74 Å². The summed E-state index contributed by atoms with van der Waals surface area (Å²) in [4.78, 5) is 8.78. The number of aromatic nitrogens is 2. The highest BCUT2D eigenvalue weighted by atomic mass is 19.1. The van der Waals surface area contributed by atoms with Gasteiger partial charge in [-0.15, -0.1) is 0 Å². The highest BCUT2D eigenvalue weighted by Crippen LogP contribution is 2.22. The van der Waals surface area contributed by atoms with Crippen molar-refractivity contribution in [2.45, 2.75) is 26.9 Å². The molecule has 3 aromatic rings. The van der Waals surface area contributed by atoms with Gasteiger partial charge in [0.1, 0.15) is 17.4 Å². The van der Waals surface area contributed by atoms with E-state index in [1.165, 1.54) is 12.1 Å². The summed E-state index contributed by atoms with van der Waals surface area (Å²) in [6, 6.07) is 15.7. The summed E-state index contributed by atoms with van der Waals surface area (Å²) >= 11 is 0. The Morgan fingerprint density at radius 2 is 1.69 bits per heavy atom. The molecule has 0 spiro atoms. The third-order valence-corrected chi connectivity index (χ3v) is 3.43. The van der Waals surface area contributed by atoms with Crippen LogP contribution in [0.2, 0.25) is 0 Å². The van der Waals surface area contributed by atoms with Gasteiger partial charge >= 0.3 is 0 Å². The summed E-state index contributed by atoms with van der Waals surface area (Å²) < 4.78 is 19.0. The quantitative estimate of drug-likeness (QED) is 0.639. The Hall–Kier alpha value is -3.15. The number of hydrogen-bond donors (Lipinski definition) is 2. The van der Waals surface area contributed by atoms with E-state index in [0.29, 0.717) is 17.5 Å². The SMILES string of the molecule is Cc1cc(Nc2ccc(OC(C)C)cc2)nc(Nc2cccc(F)c2)n1.